The second-order valence-corrected chi connectivity index (χ2v) is 6.64. The average molecular weight is 353 g/mol. The van der Waals surface area contributed by atoms with Crippen molar-refractivity contribution in [2.24, 2.45) is 0 Å². The molecule has 2 amide bonds. The van der Waals surface area contributed by atoms with Gasteiger partial charge in [-0.3, -0.25) is 4.90 Å². The first-order chi connectivity index (χ1) is 12.6. The average Bonchev–Trinajstić information content (AvgIpc) is 2.66. The van der Waals surface area contributed by atoms with Gasteiger partial charge in [0, 0.05) is 38.4 Å². The van der Waals surface area contributed by atoms with Crippen molar-refractivity contribution in [2.75, 3.05) is 38.1 Å². The topological polar surface area (TPSA) is 44.8 Å². The van der Waals surface area contributed by atoms with Crippen molar-refractivity contribution in [1.29, 1.82) is 0 Å². The fourth-order valence-electron chi connectivity index (χ4n) is 3.06. The number of anilines is 1. The Kier molecular flexibility index (Phi) is 6.12. The normalized spacial score (nSPS) is 14.9. The number of nitrogens with zero attached hydrogens (tertiary/aromatic N) is 2. The van der Waals surface area contributed by atoms with Gasteiger partial charge < -0.3 is 15.0 Å². The summed E-state index contributed by atoms with van der Waals surface area (Å²) in [6.45, 7) is 8.91. The van der Waals surface area contributed by atoms with Gasteiger partial charge in [-0.15, -0.1) is 0 Å². The number of hydrogen-bond acceptors (Lipinski definition) is 3. The van der Waals surface area contributed by atoms with E-state index in [0.29, 0.717) is 6.61 Å². The summed E-state index contributed by atoms with van der Waals surface area (Å²) in [5.74, 6) is 0.815. The number of benzene rings is 2. The van der Waals surface area contributed by atoms with Crippen molar-refractivity contribution in [3.8, 4) is 5.75 Å². The summed E-state index contributed by atoms with van der Waals surface area (Å²) < 4.78 is 5.42. The smallest absolute Gasteiger partial charge is 0.321 e. The maximum Gasteiger partial charge on any atom is 0.321 e. The molecule has 138 valence electrons. The van der Waals surface area contributed by atoms with E-state index in [0.717, 1.165) is 44.2 Å². The second-order valence-electron chi connectivity index (χ2n) is 6.64. The Balaban J connectivity index is 1.46. The van der Waals surface area contributed by atoms with Crippen LogP contribution in [-0.2, 0) is 6.54 Å². The number of rotatable bonds is 5. The predicted molar refractivity (Wildman–Crippen MR) is 105 cm³/mol. The molecule has 0 aliphatic carbocycles. The zero-order chi connectivity index (χ0) is 18.4. The summed E-state index contributed by atoms with van der Waals surface area (Å²) in [4.78, 5) is 16.7. The minimum atomic E-state index is -0.0378. The lowest BCUT2D eigenvalue weighted by Gasteiger charge is -2.34. The zero-order valence-corrected chi connectivity index (χ0v) is 15.6. The third-order valence-electron chi connectivity index (χ3n) is 4.60. The summed E-state index contributed by atoms with van der Waals surface area (Å²) in [5, 5.41) is 2.96. The Morgan fingerprint density at radius 2 is 1.65 bits per heavy atom. The van der Waals surface area contributed by atoms with Crippen molar-refractivity contribution in [3.63, 3.8) is 0 Å². The second kappa shape index (κ2) is 8.72. The number of nitrogens with one attached hydrogen (secondary N) is 1. The van der Waals surface area contributed by atoms with Crippen LogP contribution in [0.1, 0.15) is 18.1 Å². The molecule has 2 aromatic rings. The number of aryl methyl sites for hydroxylation is 1. The van der Waals surface area contributed by atoms with Gasteiger partial charge in [0.05, 0.1) is 6.61 Å². The largest absolute Gasteiger partial charge is 0.494 e. The Labute approximate surface area is 155 Å². The highest BCUT2D eigenvalue weighted by atomic mass is 16.5. The first kappa shape index (κ1) is 18.3. The number of amides is 2. The molecule has 0 spiro atoms. The lowest BCUT2D eigenvalue weighted by atomic mass is 10.1. The number of carbonyl (C=O) groups excluding carboxylic acids is 1. The number of hydrogen-bond donors (Lipinski definition) is 1. The molecule has 0 radical (unpaired) electrons. The molecular weight excluding hydrogens is 326 g/mol. The minimum absolute atomic E-state index is 0.0378. The van der Waals surface area contributed by atoms with E-state index in [-0.39, 0.29) is 6.03 Å². The molecule has 3 rings (SSSR count). The third kappa shape index (κ3) is 4.99. The summed E-state index contributed by atoms with van der Waals surface area (Å²) >= 11 is 0. The van der Waals surface area contributed by atoms with Crippen molar-refractivity contribution < 1.29 is 9.53 Å². The summed E-state index contributed by atoms with van der Waals surface area (Å²) in [5.41, 5.74) is 3.40. The van der Waals surface area contributed by atoms with Crippen LogP contribution < -0.4 is 10.1 Å². The van der Waals surface area contributed by atoms with E-state index < -0.39 is 0 Å². The van der Waals surface area contributed by atoms with Crippen LogP contribution in [-0.4, -0.2) is 48.6 Å². The van der Waals surface area contributed by atoms with Crippen LogP contribution in [0.5, 0.6) is 5.75 Å². The molecule has 5 nitrogen and oxygen atoms in total. The zero-order valence-electron chi connectivity index (χ0n) is 15.6. The first-order valence-corrected chi connectivity index (χ1v) is 9.21. The standard InChI is InChI=1S/C21H27N3O2/c1-3-26-20-10-8-19(9-11-20)22-21(25)24-14-12-23(13-15-24)16-18-6-4-17(2)5-7-18/h4-11H,3,12-16H2,1-2H3,(H,22,25). The van der Waals surface area contributed by atoms with Gasteiger partial charge in [-0.1, -0.05) is 29.8 Å². The number of piperazine rings is 1. The lowest BCUT2D eigenvalue weighted by Crippen LogP contribution is -2.49. The van der Waals surface area contributed by atoms with Gasteiger partial charge in [0.1, 0.15) is 5.75 Å². The van der Waals surface area contributed by atoms with Gasteiger partial charge in [0.15, 0.2) is 0 Å². The Hall–Kier alpha value is -2.53. The summed E-state index contributed by atoms with van der Waals surface area (Å²) in [6, 6.07) is 16.1. The molecule has 2 aromatic carbocycles. The molecule has 0 atom stereocenters. The van der Waals surface area contributed by atoms with E-state index in [2.05, 4.69) is 41.4 Å². The SMILES string of the molecule is CCOc1ccc(NC(=O)N2CCN(Cc3ccc(C)cc3)CC2)cc1. The molecule has 0 bridgehead atoms. The van der Waals surface area contributed by atoms with E-state index in [1.807, 2.05) is 36.1 Å². The maximum atomic E-state index is 12.4. The van der Waals surface area contributed by atoms with Crippen LogP contribution in [0.2, 0.25) is 0 Å². The van der Waals surface area contributed by atoms with Gasteiger partial charge in [0.25, 0.3) is 0 Å². The molecule has 1 N–H and O–H groups in total. The fraction of sp³-hybridized carbons (Fsp3) is 0.381. The van der Waals surface area contributed by atoms with E-state index in [1.54, 1.807) is 0 Å². The van der Waals surface area contributed by atoms with E-state index in [1.165, 1.54) is 11.1 Å². The molecule has 1 fully saturated rings. The third-order valence-corrected chi connectivity index (χ3v) is 4.60. The molecule has 1 aliphatic rings. The van der Waals surface area contributed by atoms with Gasteiger partial charge in [-0.05, 0) is 43.7 Å². The van der Waals surface area contributed by atoms with Gasteiger partial charge in [0.2, 0.25) is 0 Å². The highest BCUT2D eigenvalue weighted by molar-refractivity contribution is 5.89. The van der Waals surface area contributed by atoms with Gasteiger partial charge in [-0.25, -0.2) is 4.79 Å². The molecule has 0 aromatic heterocycles. The quantitative estimate of drug-likeness (QED) is 0.890. The van der Waals surface area contributed by atoms with Crippen molar-refractivity contribution in [1.82, 2.24) is 9.80 Å². The predicted octanol–water partition coefficient (Wildman–Crippen LogP) is 3.74. The molecular formula is C21H27N3O2. The van der Waals surface area contributed by atoms with Crippen LogP contribution in [0.15, 0.2) is 48.5 Å². The summed E-state index contributed by atoms with van der Waals surface area (Å²) in [7, 11) is 0. The molecule has 1 heterocycles. The van der Waals surface area contributed by atoms with E-state index in [9.17, 15) is 4.79 Å². The lowest BCUT2D eigenvalue weighted by molar-refractivity contribution is 0.143. The highest BCUT2D eigenvalue weighted by Gasteiger charge is 2.21. The molecule has 0 saturated carbocycles. The van der Waals surface area contributed by atoms with E-state index >= 15 is 0 Å². The van der Waals surface area contributed by atoms with Gasteiger partial charge in [-0.2, -0.15) is 0 Å². The minimum Gasteiger partial charge on any atom is -0.494 e. The number of urea groups is 1. The van der Waals surface area contributed by atoms with Crippen molar-refractivity contribution in [2.45, 2.75) is 20.4 Å². The molecule has 0 unspecified atom stereocenters. The maximum absolute atomic E-state index is 12.4. The monoisotopic (exact) mass is 353 g/mol. The van der Waals surface area contributed by atoms with E-state index in [4.69, 9.17) is 4.74 Å². The van der Waals surface area contributed by atoms with Gasteiger partial charge >= 0.3 is 6.03 Å². The number of carbonyl (C=O) groups is 1. The first-order valence-electron chi connectivity index (χ1n) is 9.21. The van der Waals surface area contributed by atoms with Crippen LogP contribution in [0.3, 0.4) is 0 Å². The molecule has 26 heavy (non-hydrogen) atoms. The van der Waals surface area contributed by atoms with Crippen molar-refractivity contribution in [3.05, 3.63) is 59.7 Å². The summed E-state index contributed by atoms with van der Waals surface area (Å²) in [6.07, 6.45) is 0. The van der Waals surface area contributed by atoms with Crippen LogP contribution in [0.4, 0.5) is 10.5 Å². The Morgan fingerprint density at radius 3 is 2.27 bits per heavy atom. The molecule has 5 heteroatoms. The van der Waals surface area contributed by atoms with Crippen LogP contribution in [0, 0.1) is 6.92 Å². The Bertz CT molecular complexity index is 705. The highest BCUT2D eigenvalue weighted by Crippen LogP contribution is 2.17. The van der Waals surface area contributed by atoms with Crippen LogP contribution >= 0.6 is 0 Å². The van der Waals surface area contributed by atoms with Crippen molar-refractivity contribution >= 4 is 11.7 Å². The molecule has 1 saturated heterocycles. The number of ether oxygens (including phenoxy) is 1. The molecule has 1 aliphatic heterocycles. The Morgan fingerprint density at radius 1 is 1.00 bits per heavy atom. The van der Waals surface area contributed by atoms with Crippen LogP contribution in [0.25, 0.3) is 0 Å². The fourth-order valence-corrected chi connectivity index (χ4v) is 3.06.